The van der Waals surface area contributed by atoms with Gasteiger partial charge in [0.25, 0.3) is 11.4 Å². The van der Waals surface area contributed by atoms with Gasteiger partial charge in [0, 0.05) is 49.1 Å². The average molecular weight is 356 g/mol. The molecule has 8 nitrogen and oxygen atoms in total. The number of rotatable bonds is 5. The molecule has 0 amide bonds. The molecular formula is C18H20N4O4. The van der Waals surface area contributed by atoms with Crippen molar-refractivity contribution < 1.29 is 9.85 Å². The van der Waals surface area contributed by atoms with Crippen LogP contribution in [0.3, 0.4) is 0 Å². The van der Waals surface area contributed by atoms with Crippen LogP contribution in [0, 0.1) is 26.1 Å². The molecule has 2 N–H and O–H groups in total. The zero-order valence-corrected chi connectivity index (χ0v) is 14.2. The number of piperidine rings is 1. The summed E-state index contributed by atoms with van der Waals surface area (Å²) in [5.41, 5.74) is 8.40. The molecule has 1 saturated heterocycles. The molecule has 0 aliphatic carbocycles. The van der Waals surface area contributed by atoms with Crippen LogP contribution in [0.15, 0.2) is 48.5 Å². The number of anilines is 1. The lowest BCUT2D eigenvalue weighted by molar-refractivity contribution is -0.385. The van der Waals surface area contributed by atoms with Crippen LogP contribution in [0.5, 0.6) is 0 Å². The number of benzene rings is 2. The van der Waals surface area contributed by atoms with E-state index in [0.29, 0.717) is 5.92 Å². The molecule has 0 bridgehead atoms. The predicted molar refractivity (Wildman–Crippen MR) is 98.1 cm³/mol. The molecule has 8 heteroatoms. The second-order valence-electron chi connectivity index (χ2n) is 6.47. The summed E-state index contributed by atoms with van der Waals surface area (Å²) in [4.78, 5) is 22.9. The van der Waals surface area contributed by atoms with Crippen LogP contribution in [0.2, 0.25) is 0 Å². The van der Waals surface area contributed by atoms with Gasteiger partial charge in [-0.1, -0.05) is 12.1 Å². The molecule has 1 heterocycles. The fourth-order valence-corrected chi connectivity index (χ4v) is 3.39. The number of non-ortho nitro benzene ring substituents is 2. The molecule has 0 radical (unpaired) electrons. The summed E-state index contributed by atoms with van der Waals surface area (Å²) in [5.74, 6) is 0.297. The summed E-state index contributed by atoms with van der Waals surface area (Å²) in [5, 5.41) is 21.5. The van der Waals surface area contributed by atoms with E-state index in [1.165, 1.54) is 24.3 Å². The van der Waals surface area contributed by atoms with E-state index >= 15 is 0 Å². The fraction of sp³-hybridized carbons (Fsp3) is 0.333. The Morgan fingerprint density at radius 1 is 0.885 bits per heavy atom. The number of hydrogen-bond acceptors (Lipinski definition) is 6. The maximum Gasteiger partial charge on any atom is 0.269 e. The fourth-order valence-electron chi connectivity index (χ4n) is 3.39. The van der Waals surface area contributed by atoms with Crippen molar-refractivity contribution in [1.29, 1.82) is 0 Å². The quantitative estimate of drug-likeness (QED) is 0.648. The second-order valence-corrected chi connectivity index (χ2v) is 6.47. The molecule has 1 unspecified atom stereocenters. The zero-order valence-electron chi connectivity index (χ0n) is 14.2. The Hall–Kier alpha value is -3.00. The Morgan fingerprint density at radius 3 is 1.81 bits per heavy atom. The van der Waals surface area contributed by atoms with Gasteiger partial charge in [-0.2, -0.15) is 0 Å². The van der Waals surface area contributed by atoms with E-state index in [0.717, 1.165) is 37.2 Å². The van der Waals surface area contributed by atoms with Crippen LogP contribution in [0.25, 0.3) is 0 Å². The maximum absolute atomic E-state index is 10.7. The molecule has 0 aromatic heterocycles. The van der Waals surface area contributed by atoms with E-state index in [4.69, 9.17) is 5.73 Å². The van der Waals surface area contributed by atoms with Gasteiger partial charge in [0.1, 0.15) is 0 Å². The lowest BCUT2D eigenvalue weighted by Gasteiger charge is -2.36. The topological polar surface area (TPSA) is 116 Å². The minimum Gasteiger partial charge on any atom is -0.372 e. The van der Waals surface area contributed by atoms with Crippen LogP contribution in [-0.2, 0) is 0 Å². The maximum atomic E-state index is 10.7. The molecule has 0 spiro atoms. The first-order valence-electron chi connectivity index (χ1n) is 8.45. The van der Waals surface area contributed by atoms with Crippen LogP contribution in [0.1, 0.15) is 24.4 Å². The first-order valence-corrected chi connectivity index (χ1v) is 8.45. The first kappa shape index (κ1) is 17.8. The van der Waals surface area contributed by atoms with Crippen LogP contribution in [-0.4, -0.2) is 22.9 Å². The Labute approximate surface area is 150 Å². The molecule has 1 atom stereocenters. The highest BCUT2D eigenvalue weighted by Crippen LogP contribution is 2.32. The lowest BCUT2D eigenvalue weighted by atomic mass is 9.86. The Bertz CT molecular complexity index is 784. The Balaban J connectivity index is 1.60. The van der Waals surface area contributed by atoms with Crippen molar-refractivity contribution in [2.45, 2.75) is 18.9 Å². The summed E-state index contributed by atoms with van der Waals surface area (Å²) in [6.07, 6.45) is 1.80. The van der Waals surface area contributed by atoms with E-state index in [1.807, 2.05) is 0 Å². The van der Waals surface area contributed by atoms with Gasteiger partial charge in [0.15, 0.2) is 0 Å². The SMILES string of the molecule is NC(c1ccc([N+](=O)[O-])cc1)C1CCN(c2ccc([N+](=O)[O-])cc2)CC1. The normalized spacial score (nSPS) is 16.3. The minimum absolute atomic E-state index is 0.0638. The van der Waals surface area contributed by atoms with Gasteiger partial charge in [0.05, 0.1) is 9.85 Å². The summed E-state index contributed by atoms with van der Waals surface area (Å²) < 4.78 is 0. The highest BCUT2D eigenvalue weighted by atomic mass is 16.6. The third-order valence-corrected chi connectivity index (χ3v) is 4.96. The summed E-state index contributed by atoms with van der Waals surface area (Å²) in [6, 6.07) is 12.9. The van der Waals surface area contributed by atoms with Crippen molar-refractivity contribution in [3.63, 3.8) is 0 Å². The minimum atomic E-state index is -0.419. The largest absolute Gasteiger partial charge is 0.372 e. The van der Waals surface area contributed by atoms with Crippen molar-refractivity contribution in [3.8, 4) is 0 Å². The zero-order chi connectivity index (χ0) is 18.7. The van der Waals surface area contributed by atoms with Crippen LogP contribution >= 0.6 is 0 Å². The van der Waals surface area contributed by atoms with Gasteiger partial charge in [0.2, 0.25) is 0 Å². The Kier molecular flexibility index (Phi) is 5.13. The van der Waals surface area contributed by atoms with Gasteiger partial charge in [-0.3, -0.25) is 20.2 Å². The summed E-state index contributed by atoms with van der Waals surface area (Å²) in [6.45, 7) is 1.65. The third kappa shape index (κ3) is 3.80. The van der Waals surface area contributed by atoms with Gasteiger partial charge < -0.3 is 10.6 Å². The van der Waals surface area contributed by atoms with E-state index < -0.39 is 9.85 Å². The summed E-state index contributed by atoms with van der Waals surface area (Å²) in [7, 11) is 0. The highest BCUT2D eigenvalue weighted by molar-refractivity contribution is 5.51. The van der Waals surface area contributed by atoms with Crippen molar-refractivity contribution in [3.05, 3.63) is 74.3 Å². The average Bonchev–Trinajstić information content (AvgIpc) is 2.67. The number of nitro benzene ring substituents is 2. The van der Waals surface area contributed by atoms with Crippen molar-refractivity contribution in [2.75, 3.05) is 18.0 Å². The molecule has 2 aromatic carbocycles. The van der Waals surface area contributed by atoms with Crippen LogP contribution < -0.4 is 10.6 Å². The van der Waals surface area contributed by atoms with E-state index in [2.05, 4.69) is 4.90 Å². The lowest BCUT2D eigenvalue weighted by Crippen LogP contribution is -2.37. The van der Waals surface area contributed by atoms with E-state index in [1.54, 1.807) is 24.3 Å². The molecule has 1 aliphatic rings. The highest BCUT2D eigenvalue weighted by Gasteiger charge is 2.26. The molecular weight excluding hydrogens is 336 g/mol. The molecule has 2 aromatic rings. The van der Waals surface area contributed by atoms with Crippen molar-refractivity contribution in [2.24, 2.45) is 11.7 Å². The molecule has 26 heavy (non-hydrogen) atoms. The molecule has 136 valence electrons. The number of nitrogens with two attached hydrogens (primary N) is 1. The van der Waals surface area contributed by atoms with E-state index in [9.17, 15) is 20.2 Å². The second kappa shape index (κ2) is 7.49. The molecule has 3 rings (SSSR count). The van der Waals surface area contributed by atoms with Gasteiger partial charge in [-0.15, -0.1) is 0 Å². The van der Waals surface area contributed by atoms with Gasteiger partial charge in [-0.05, 0) is 36.5 Å². The number of nitrogens with zero attached hydrogens (tertiary/aromatic N) is 3. The number of hydrogen-bond donors (Lipinski definition) is 1. The van der Waals surface area contributed by atoms with Gasteiger partial charge in [-0.25, -0.2) is 0 Å². The van der Waals surface area contributed by atoms with Gasteiger partial charge >= 0.3 is 0 Å². The number of nitro groups is 2. The monoisotopic (exact) mass is 356 g/mol. The Morgan fingerprint density at radius 2 is 1.35 bits per heavy atom. The summed E-state index contributed by atoms with van der Waals surface area (Å²) >= 11 is 0. The van der Waals surface area contributed by atoms with Crippen LogP contribution in [0.4, 0.5) is 17.1 Å². The molecule has 1 fully saturated rings. The van der Waals surface area contributed by atoms with Crippen molar-refractivity contribution >= 4 is 17.1 Å². The molecule has 0 saturated carbocycles. The van der Waals surface area contributed by atoms with Crippen molar-refractivity contribution in [1.82, 2.24) is 0 Å². The smallest absolute Gasteiger partial charge is 0.269 e. The first-order chi connectivity index (χ1) is 12.5. The van der Waals surface area contributed by atoms with E-state index in [-0.39, 0.29) is 17.4 Å². The standard InChI is InChI=1S/C18H20N4O4/c19-18(13-1-3-16(4-2-13)21(23)24)14-9-11-20(12-10-14)15-5-7-17(8-6-15)22(25)26/h1-8,14,18H,9-12,19H2. The third-order valence-electron chi connectivity index (χ3n) is 4.96. The predicted octanol–water partition coefficient (Wildman–Crippen LogP) is 3.42. The molecule has 1 aliphatic heterocycles.